The molecule has 0 spiro atoms. The van der Waals surface area contributed by atoms with Crippen LogP contribution in [0.3, 0.4) is 0 Å². The van der Waals surface area contributed by atoms with Gasteiger partial charge in [-0.15, -0.1) is 0 Å². The van der Waals surface area contributed by atoms with Crippen molar-refractivity contribution in [3.05, 3.63) is 83.2 Å². The van der Waals surface area contributed by atoms with Gasteiger partial charge in [0.25, 0.3) is 5.91 Å². The highest BCUT2D eigenvalue weighted by atomic mass is 19.4. The number of hydrogen-bond acceptors (Lipinski definition) is 7. The van der Waals surface area contributed by atoms with Crippen molar-refractivity contribution in [2.45, 2.75) is 64.6 Å². The van der Waals surface area contributed by atoms with Crippen LogP contribution in [0.5, 0.6) is 0 Å². The van der Waals surface area contributed by atoms with Gasteiger partial charge >= 0.3 is 12.3 Å². The molecule has 252 valence electrons. The first-order valence-corrected chi connectivity index (χ1v) is 15.9. The second kappa shape index (κ2) is 14.3. The number of hydrogen-bond donors (Lipinski definition) is 2. The summed E-state index contributed by atoms with van der Waals surface area (Å²) in [5.41, 5.74) is 1.98. The van der Waals surface area contributed by atoms with Gasteiger partial charge in [-0.2, -0.15) is 13.2 Å². The van der Waals surface area contributed by atoms with Crippen LogP contribution in [0.1, 0.15) is 67.2 Å². The number of piperazine rings is 1. The highest BCUT2D eigenvalue weighted by Gasteiger charge is 2.31. The molecule has 2 saturated heterocycles. The molecule has 2 aromatic carbocycles. The number of alkyl halides is 3. The number of benzene rings is 2. The monoisotopic (exact) mass is 653 g/mol. The number of ether oxygens (including phenoxy) is 2. The van der Waals surface area contributed by atoms with E-state index in [0.717, 1.165) is 69.1 Å². The highest BCUT2D eigenvalue weighted by Crippen LogP contribution is 2.34. The lowest BCUT2D eigenvalue weighted by Crippen LogP contribution is -2.50. The Morgan fingerprint density at radius 3 is 2.34 bits per heavy atom. The standard InChI is InChI=1S/C35H42F3N5O4/c1-23(41-32(44)27-17-29(21-39-19-27)43-14-12-42(13-15-43)22-30-11-16-46-30)24-5-7-25(8-6-24)31-18-28(35(36,37)38)10-9-26(31)20-40-33(45)47-34(2,3)4/h5-10,17-19,21,23,30H,11-16,20,22H2,1-4H3,(H,40,45)(H,41,44)/t23-,30-/m1/s1. The summed E-state index contributed by atoms with van der Waals surface area (Å²) in [5.74, 6) is -0.273. The molecule has 2 aliphatic rings. The Morgan fingerprint density at radius 1 is 1.02 bits per heavy atom. The Kier molecular flexibility index (Phi) is 10.4. The van der Waals surface area contributed by atoms with Crippen molar-refractivity contribution >= 4 is 17.7 Å². The molecule has 0 radical (unpaired) electrons. The number of amides is 2. The van der Waals surface area contributed by atoms with Gasteiger partial charge in [0.05, 0.1) is 35.2 Å². The lowest BCUT2D eigenvalue weighted by atomic mass is 9.95. The molecule has 3 heterocycles. The summed E-state index contributed by atoms with van der Waals surface area (Å²) in [6.07, 6.45) is -0.416. The predicted octanol–water partition coefficient (Wildman–Crippen LogP) is 6.19. The van der Waals surface area contributed by atoms with Gasteiger partial charge in [-0.05, 0) is 74.6 Å². The summed E-state index contributed by atoms with van der Waals surface area (Å²) in [6, 6.07) is 11.9. The van der Waals surface area contributed by atoms with Gasteiger partial charge in [0.2, 0.25) is 0 Å². The number of nitrogens with zero attached hydrogens (tertiary/aromatic N) is 3. The SMILES string of the molecule is C[C@@H](NC(=O)c1cncc(N2CCN(C[C@H]3CCO3)CC2)c1)c1ccc(-c2cc(C(F)(F)F)ccc2CNC(=O)OC(C)(C)C)cc1. The van der Waals surface area contributed by atoms with Gasteiger partial charge in [0, 0.05) is 52.1 Å². The first-order valence-electron chi connectivity index (χ1n) is 15.9. The number of rotatable bonds is 9. The minimum atomic E-state index is -4.53. The Hall–Kier alpha value is -4.16. The van der Waals surface area contributed by atoms with E-state index in [1.807, 2.05) is 13.0 Å². The van der Waals surface area contributed by atoms with Crippen molar-refractivity contribution in [2.24, 2.45) is 0 Å². The fourth-order valence-electron chi connectivity index (χ4n) is 5.60. The van der Waals surface area contributed by atoms with E-state index in [0.29, 0.717) is 28.4 Å². The minimum absolute atomic E-state index is 0.0190. The number of pyridine rings is 1. The highest BCUT2D eigenvalue weighted by molar-refractivity contribution is 5.95. The fourth-order valence-corrected chi connectivity index (χ4v) is 5.60. The van der Waals surface area contributed by atoms with E-state index < -0.39 is 23.4 Å². The van der Waals surface area contributed by atoms with Crippen LogP contribution < -0.4 is 15.5 Å². The number of alkyl carbamates (subject to hydrolysis) is 1. The maximum absolute atomic E-state index is 13.6. The lowest BCUT2D eigenvalue weighted by Gasteiger charge is -2.39. The Bertz CT molecular complexity index is 1550. The van der Waals surface area contributed by atoms with Crippen molar-refractivity contribution in [1.82, 2.24) is 20.5 Å². The number of carbonyl (C=O) groups excluding carboxylic acids is 2. The molecule has 2 amide bonds. The summed E-state index contributed by atoms with van der Waals surface area (Å²) in [7, 11) is 0. The second-order valence-electron chi connectivity index (χ2n) is 13.0. The summed E-state index contributed by atoms with van der Waals surface area (Å²) in [5, 5.41) is 5.63. The molecule has 2 fully saturated rings. The third-order valence-electron chi connectivity index (χ3n) is 8.31. The average molecular weight is 654 g/mol. The Morgan fingerprint density at radius 2 is 1.72 bits per heavy atom. The normalized spacial score (nSPS) is 17.9. The van der Waals surface area contributed by atoms with Crippen molar-refractivity contribution < 1.29 is 32.2 Å². The van der Waals surface area contributed by atoms with Crippen molar-refractivity contribution in [1.29, 1.82) is 0 Å². The first kappa shape index (κ1) is 34.2. The Balaban J connectivity index is 1.23. The molecule has 47 heavy (non-hydrogen) atoms. The number of carbonyl (C=O) groups is 2. The number of halogens is 3. The first-order chi connectivity index (χ1) is 22.2. The minimum Gasteiger partial charge on any atom is -0.444 e. The van der Waals surface area contributed by atoms with Crippen LogP contribution in [0.2, 0.25) is 0 Å². The zero-order valence-electron chi connectivity index (χ0n) is 27.2. The van der Waals surface area contributed by atoms with E-state index in [2.05, 4.69) is 25.4 Å². The molecule has 2 N–H and O–H groups in total. The number of anilines is 1. The van der Waals surface area contributed by atoms with Crippen LogP contribution >= 0.6 is 0 Å². The van der Waals surface area contributed by atoms with E-state index in [-0.39, 0.29) is 18.5 Å². The topological polar surface area (TPSA) is 96.0 Å². The van der Waals surface area contributed by atoms with Crippen LogP contribution in [0.15, 0.2) is 60.9 Å². The largest absolute Gasteiger partial charge is 0.444 e. The molecule has 0 saturated carbocycles. The average Bonchev–Trinajstić information content (AvgIpc) is 3.01. The molecule has 2 aliphatic heterocycles. The van der Waals surface area contributed by atoms with Gasteiger partial charge in [-0.1, -0.05) is 30.3 Å². The molecule has 2 atom stereocenters. The zero-order chi connectivity index (χ0) is 33.8. The molecule has 0 bridgehead atoms. The fraction of sp³-hybridized carbons (Fsp3) is 0.457. The van der Waals surface area contributed by atoms with Gasteiger partial charge in [-0.25, -0.2) is 4.79 Å². The molecule has 9 nitrogen and oxygen atoms in total. The van der Waals surface area contributed by atoms with E-state index in [1.54, 1.807) is 57.4 Å². The lowest BCUT2D eigenvalue weighted by molar-refractivity contribution is -0.137. The van der Waals surface area contributed by atoms with Crippen LogP contribution in [-0.2, 0) is 22.2 Å². The summed E-state index contributed by atoms with van der Waals surface area (Å²) in [4.78, 5) is 34.4. The molecular formula is C35H42F3N5O4. The smallest absolute Gasteiger partial charge is 0.416 e. The van der Waals surface area contributed by atoms with Crippen molar-refractivity contribution in [2.75, 3.05) is 44.2 Å². The quantitative estimate of drug-likeness (QED) is 0.284. The number of nitrogens with one attached hydrogen (secondary N) is 2. The number of aromatic nitrogens is 1. The van der Waals surface area contributed by atoms with Gasteiger partial charge < -0.3 is 25.0 Å². The second-order valence-corrected chi connectivity index (χ2v) is 13.0. The van der Waals surface area contributed by atoms with Crippen LogP contribution in [0.4, 0.5) is 23.7 Å². The Labute approximate surface area is 273 Å². The van der Waals surface area contributed by atoms with E-state index >= 15 is 0 Å². The molecule has 5 rings (SSSR count). The van der Waals surface area contributed by atoms with E-state index in [9.17, 15) is 22.8 Å². The van der Waals surface area contributed by atoms with Gasteiger partial charge in [0.15, 0.2) is 0 Å². The van der Waals surface area contributed by atoms with E-state index in [4.69, 9.17) is 9.47 Å². The summed E-state index contributed by atoms with van der Waals surface area (Å²) < 4.78 is 51.6. The van der Waals surface area contributed by atoms with Crippen molar-refractivity contribution in [3.63, 3.8) is 0 Å². The molecule has 3 aromatic rings. The van der Waals surface area contributed by atoms with Crippen LogP contribution in [0, 0.1) is 0 Å². The molecule has 0 unspecified atom stereocenters. The maximum atomic E-state index is 13.6. The molecule has 12 heteroatoms. The predicted molar refractivity (Wildman–Crippen MR) is 173 cm³/mol. The summed E-state index contributed by atoms with van der Waals surface area (Å²) in [6.45, 7) is 12.3. The molecular weight excluding hydrogens is 611 g/mol. The van der Waals surface area contributed by atoms with Crippen molar-refractivity contribution in [3.8, 4) is 11.1 Å². The van der Waals surface area contributed by atoms with Gasteiger partial charge in [-0.3, -0.25) is 14.7 Å². The molecule has 0 aliphatic carbocycles. The zero-order valence-corrected chi connectivity index (χ0v) is 27.2. The summed E-state index contributed by atoms with van der Waals surface area (Å²) >= 11 is 0. The van der Waals surface area contributed by atoms with Gasteiger partial charge in [0.1, 0.15) is 5.60 Å². The maximum Gasteiger partial charge on any atom is 0.416 e. The van der Waals surface area contributed by atoms with E-state index in [1.165, 1.54) is 6.07 Å². The van der Waals surface area contributed by atoms with Crippen LogP contribution in [0.25, 0.3) is 11.1 Å². The van der Waals surface area contributed by atoms with Crippen LogP contribution in [-0.4, -0.2) is 72.9 Å². The third-order valence-corrected chi connectivity index (χ3v) is 8.31. The molecule has 1 aromatic heterocycles. The third kappa shape index (κ3) is 9.23.